The fourth-order valence-electron chi connectivity index (χ4n) is 2.47. The second-order valence-corrected chi connectivity index (χ2v) is 5.74. The van der Waals surface area contributed by atoms with Gasteiger partial charge in [0, 0.05) is 29.2 Å². The first-order valence-corrected chi connectivity index (χ1v) is 7.85. The molecule has 2 heterocycles. The molecule has 0 saturated carbocycles. The Balaban J connectivity index is 0.00000208. The van der Waals surface area contributed by atoms with Gasteiger partial charge in [-0.3, -0.25) is 9.36 Å². The molecule has 0 spiro atoms. The molecule has 5 nitrogen and oxygen atoms in total. The van der Waals surface area contributed by atoms with Crippen molar-refractivity contribution in [3.63, 3.8) is 0 Å². The van der Waals surface area contributed by atoms with E-state index < -0.39 is 0 Å². The van der Waals surface area contributed by atoms with E-state index in [1.807, 2.05) is 38.1 Å². The quantitative estimate of drug-likeness (QED) is 0.767. The Morgan fingerprint density at radius 2 is 1.92 bits per heavy atom. The van der Waals surface area contributed by atoms with Crippen LogP contribution in [-0.2, 0) is 6.54 Å². The van der Waals surface area contributed by atoms with Crippen LogP contribution in [0.5, 0.6) is 0 Å². The fraction of sp³-hybridized carbons (Fsp3) is 0.278. The van der Waals surface area contributed by atoms with Crippen LogP contribution in [0.3, 0.4) is 0 Å². The summed E-state index contributed by atoms with van der Waals surface area (Å²) in [4.78, 5) is 20.8. The van der Waals surface area contributed by atoms with Crippen LogP contribution in [0.25, 0.3) is 11.0 Å². The Bertz CT molecular complexity index is 890. The Labute approximate surface area is 146 Å². The summed E-state index contributed by atoms with van der Waals surface area (Å²) >= 11 is 5.91. The zero-order valence-corrected chi connectivity index (χ0v) is 13.7. The number of pyridine rings is 1. The minimum atomic E-state index is -0.0598. The number of hydrogen-bond acceptors (Lipinski definition) is 4. The molecule has 3 rings (SSSR count). The smallest absolute Gasteiger partial charge is 0.252 e. The van der Waals surface area contributed by atoms with Gasteiger partial charge in [-0.25, -0.2) is 4.98 Å². The predicted molar refractivity (Wildman–Crippen MR) is 99.7 cm³/mol. The summed E-state index contributed by atoms with van der Waals surface area (Å²) in [5.41, 5.74) is 1.66. The SMILES string of the molecule is C.CCn1c(=O)ccc2cnc(N[C@@H](C)c3ccc(Cl)cc3)nc21. The lowest BCUT2D eigenvalue weighted by atomic mass is 10.1. The maximum absolute atomic E-state index is 11.9. The third-order valence-electron chi connectivity index (χ3n) is 3.75. The molecule has 0 amide bonds. The van der Waals surface area contributed by atoms with Gasteiger partial charge in [0.05, 0.1) is 6.04 Å². The lowest BCUT2D eigenvalue weighted by Crippen LogP contribution is -2.19. The van der Waals surface area contributed by atoms with Crippen LogP contribution in [-0.4, -0.2) is 14.5 Å². The Morgan fingerprint density at radius 3 is 2.58 bits per heavy atom. The number of nitrogens with one attached hydrogen (secondary N) is 1. The number of halogens is 1. The normalized spacial score (nSPS) is 11.8. The summed E-state index contributed by atoms with van der Waals surface area (Å²) in [6.45, 7) is 4.51. The highest BCUT2D eigenvalue weighted by molar-refractivity contribution is 6.30. The van der Waals surface area contributed by atoms with E-state index in [0.29, 0.717) is 23.2 Å². The van der Waals surface area contributed by atoms with Gasteiger partial charge in [-0.05, 0) is 37.6 Å². The van der Waals surface area contributed by atoms with Crippen LogP contribution in [0.1, 0.15) is 32.9 Å². The van der Waals surface area contributed by atoms with E-state index in [4.69, 9.17) is 11.6 Å². The molecule has 2 aromatic heterocycles. The van der Waals surface area contributed by atoms with E-state index in [1.54, 1.807) is 22.9 Å². The molecule has 1 aromatic carbocycles. The van der Waals surface area contributed by atoms with E-state index in [0.717, 1.165) is 10.9 Å². The number of hydrogen-bond donors (Lipinski definition) is 1. The Kier molecular flexibility index (Phi) is 5.57. The van der Waals surface area contributed by atoms with Crippen molar-refractivity contribution < 1.29 is 0 Å². The number of fused-ring (bicyclic) bond motifs is 1. The number of aryl methyl sites for hydroxylation is 1. The van der Waals surface area contributed by atoms with Crippen LogP contribution >= 0.6 is 11.6 Å². The molecule has 0 aliphatic rings. The molecule has 1 N–H and O–H groups in total. The molecule has 126 valence electrons. The minimum Gasteiger partial charge on any atom is -0.348 e. The molecular formula is C18H21ClN4O. The number of aromatic nitrogens is 3. The van der Waals surface area contributed by atoms with Crippen LogP contribution in [0.2, 0.25) is 5.02 Å². The molecule has 3 aromatic rings. The number of rotatable bonds is 4. The van der Waals surface area contributed by atoms with Crippen molar-refractivity contribution in [2.24, 2.45) is 0 Å². The van der Waals surface area contributed by atoms with Crippen LogP contribution in [0, 0.1) is 0 Å². The summed E-state index contributed by atoms with van der Waals surface area (Å²) in [5.74, 6) is 0.493. The second-order valence-electron chi connectivity index (χ2n) is 5.31. The predicted octanol–water partition coefficient (Wildman–Crippen LogP) is 4.27. The van der Waals surface area contributed by atoms with E-state index in [2.05, 4.69) is 15.3 Å². The second kappa shape index (κ2) is 7.45. The van der Waals surface area contributed by atoms with Crippen molar-refractivity contribution in [3.8, 4) is 0 Å². The van der Waals surface area contributed by atoms with Gasteiger partial charge in [-0.15, -0.1) is 0 Å². The van der Waals surface area contributed by atoms with E-state index in [-0.39, 0.29) is 19.0 Å². The van der Waals surface area contributed by atoms with E-state index in [9.17, 15) is 4.79 Å². The van der Waals surface area contributed by atoms with Crippen molar-refractivity contribution in [1.29, 1.82) is 0 Å². The minimum absolute atomic E-state index is 0. The third-order valence-corrected chi connectivity index (χ3v) is 4.01. The van der Waals surface area contributed by atoms with E-state index in [1.165, 1.54) is 0 Å². The fourth-order valence-corrected chi connectivity index (χ4v) is 2.60. The molecule has 24 heavy (non-hydrogen) atoms. The maximum Gasteiger partial charge on any atom is 0.252 e. The molecule has 0 aliphatic carbocycles. The van der Waals surface area contributed by atoms with Gasteiger partial charge >= 0.3 is 0 Å². The van der Waals surface area contributed by atoms with Gasteiger partial charge in [-0.1, -0.05) is 31.2 Å². The van der Waals surface area contributed by atoms with Gasteiger partial charge in [-0.2, -0.15) is 4.98 Å². The Hall–Kier alpha value is -2.40. The van der Waals surface area contributed by atoms with Crippen molar-refractivity contribution >= 4 is 28.6 Å². The van der Waals surface area contributed by atoms with Crippen molar-refractivity contribution in [1.82, 2.24) is 14.5 Å². The summed E-state index contributed by atoms with van der Waals surface area (Å²) < 4.78 is 1.63. The van der Waals surface area contributed by atoms with Crippen LogP contribution in [0.4, 0.5) is 5.95 Å². The molecule has 6 heteroatoms. The largest absolute Gasteiger partial charge is 0.348 e. The molecule has 0 aliphatic heterocycles. The zero-order chi connectivity index (χ0) is 16.4. The van der Waals surface area contributed by atoms with Crippen molar-refractivity contribution in [2.75, 3.05) is 5.32 Å². The Morgan fingerprint density at radius 1 is 1.21 bits per heavy atom. The van der Waals surface area contributed by atoms with Gasteiger partial charge in [0.25, 0.3) is 5.56 Å². The molecule has 0 saturated heterocycles. The van der Waals surface area contributed by atoms with E-state index >= 15 is 0 Å². The first-order valence-electron chi connectivity index (χ1n) is 7.47. The highest BCUT2D eigenvalue weighted by Crippen LogP contribution is 2.20. The first-order chi connectivity index (χ1) is 11.1. The molecule has 0 bridgehead atoms. The van der Waals surface area contributed by atoms with Gasteiger partial charge in [0.2, 0.25) is 5.95 Å². The van der Waals surface area contributed by atoms with Gasteiger partial charge in [0.1, 0.15) is 5.65 Å². The number of anilines is 1. The molecule has 1 atom stereocenters. The standard InChI is InChI=1S/C17H17ClN4O.CH4/c1-3-22-15(23)9-6-13-10-19-17(21-16(13)22)20-11(2)12-4-7-14(18)8-5-12;/h4-11H,3H2,1-2H3,(H,19,20,21);1H4/t11-;/m0./s1. The van der Waals surface area contributed by atoms with Gasteiger partial charge in [0.15, 0.2) is 0 Å². The molecule has 0 radical (unpaired) electrons. The molecule has 0 unspecified atom stereocenters. The summed E-state index contributed by atoms with van der Waals surface area (Å²) in [6.07, 6.45) is 1.73. The summed E-state index contributed by atoms with van der Waals surface area (Å²) in [5, 5.41) is 4.81. The molecule has 0 fully saturated rings. The van der Waals surface area contributed by atoms with Crippen molar-refractivity contribution in [3.05, 3.63) is 63.5 Å². The van der Waals surface area contributed by atoms with Crippen molar-refractivity contribution in [2.45, 2.75) is 33.9 Å². The lowest BCUT2D eigenvalue weighted by molar-refractivity contribution is 0.747. The highest BCUT2D eigenvalue weighted by Gasteiger charge is 2.09. The summed E-state index contributed by atoms with van der Waals surface area (Å²) in [7, 11) is 0. The summed E-state index contributed by atoms with van der Waals surface area (Å²) in [6, 6.07) is 10.9. The average molecular weight is 345 g/mol. The topological polar surface area (TPSA) is 59.8 Å². The van der Waals surface area contributed by atoms with Gasteiger partial charge < -0.3 is 5.32 Å². The first kappa shape index (κ1) is 17.9. The van der Waals surface area contributed by atoms with Crippen LogP contribution in [0.15, 0.2) is 47.4 Å². The number of nitrogens with zero attached hydrogens (tertiary/aromatic N) is 3. The highest BCUT2D eigenvalue weighted by atomic mass is 35.5. The molecular weight excluding hydrogens is 324 g/mol. The lowest BCUT2D eigenvalue weighted by Gasteiger charge is -2.15. The zero-order valence-electron chi connectivity index (χ0n) is 13.0. The maximum atomic E-state index is 11.9. The van der Waals surface area contributed by atoms with Crippen LogP contribution < -0.4 is 10.9 Å². The average Bonchev–Trinajstić information content (AvgIpc) is 2.55. The monoisotopic (exact) mass is 344 g/mol. The third kappa shape index (κ3) is 3.57. The number of benzene rings is 1.